The number of amides is 1. The number of aliphatic carboxylic acids is 1. The van der Waals surface area contributed by atoms with E-state index < -0.39 is 58.5 Å². The van der Waals surface area contributed by atoms with Crippen molar-refractivity contribution in [2.75, 3.05) is 13.1 Å². The van der Waals surface area contributed by atoms with Crippen LogP contribution in [0.1, 0.15) is 92.3 Å². The highest BCUT2D eigenvalue weighted by atomic mass is 35.5. The highest BCUT2D eigenvalue weighted by molar-refractivity contribution is 6.42. The van der Waals surface area contributed by atoms with Gasteiger partial charge in [-0.3, -0.25) is 19.1 Å². The van der Waals surface area contributed by atoms with Crippen molar-refractivity contribution in [2.45, 2.75) is 72.0 Å². The number of hydrogen-bond donors (Lipinski definition) is 1. The minimum absolute atomic E-state index is 0.0280. The Balaban J connectivity index is 2.01. The summed E-state index contributed by atoms with van der Waals surface area (Å²) in [5.74, 6) is -2.67. The highest BCUT2D eigenvalue weighted by Crippen LogP contribution is 2.43. The molecule has 1 aromatic carbocycles. The van der Waals surface area contributed by atoms with Crippen molar-refractivity contribution in [3.8, 4) is 0 Å². The quantitative estimate of drug-likeness (QED) is 0.287. The molecule has 1 aliphatic carbocycles. The summed E-state index contributed by atoms with van der Waals surface area (Å²) in [7, 11) is 0. The molecule has 1 aliphatic rings. The van der Waals surface area contributed by atoms with Gasteiger partial charge in [-0.1, -0.05) is 55.6 Å². The number of Topliss-reactive ketones (excluding diaryl/α,β-unsaturated/α-hetero) is 1. The van der Waals surface area contributed by atoms with E-state index in [0.717, 1.165) is 15.8 Å². The zero-order valence-electron chi connectivity index (χ0n) is 22.5. The maximum absolute atomic E-state index is 14.4. The van der Waals surface area contributed by atoms with Gasteiger partial charge in [0.25, 0.3) is 5.91 Å². The van der Waals surface area contributed by atoms with Crippen LogP contribution < -0.4 is 0 Å². The molecule has 1 heterocycles. The lowest BCUT2D eigenvalue weighted by Crippen LogP contribution is -2.42. The van der Waals surface area contributed by atoms with E-state index in [2.05, 4.69) is 5.10 Å². The van der Waals surface area contributed by atoms with E-state index in [9.17, 15) is 32.7 Å². The summed E-state index contributed by atoms with van der Waals surface area (Å²) in [5, 5.41) is 13.6. The maximum atomic E-state index is 14.4. The van der Waals surface area contributed by atoms with Gasteiger partial charge in [-0.2, -0.15) is 18.3 Å². The number of carbonyl (C=O) groups is 3. The Bertz CT molecular complexity index is 1280. The van der Waals surface area contributed by atoms with E-state index in [0.29, 0.717) is 6.42 Å². The molecule has 1 saturated carbocycles. The number of benzene rings is 1. The van der Waals surface area contributed by atoms with E-state index in [1.165, 1.54) is 12.1 Å². The van der Waals surface area contributed by atoms with Crippen molar-refractivity contribution < 1.29 is 32.7 Å². The summed E-state index contributed by atoms with van der Waals surface area (Å²) >= 11 is 18.3. The van der Waals surface area contributed by atoms with Crippen molar-refractivity contribution in [3.05, 3.63) is 50.2 Å². The fourth-order valence-corrected chi connectivity index (χ4v) is 5.86. The predicted octanol–water partition coefficient (Wildman–Crippen LogP) is 7.83. The molecule has 0 saturated heterocycles. The number of aromatic nitrogens is 2. The zero-order chi connectivity index (χ0) is 30.2. The molecular formula is C27H31Cl3F3N3O4. The third-order valence-corrected chi connectivity index (χ3v) is 8.51. The molecule has 0 spiro atoms. The normalized spacial score (nSPS) is 19.9. The maximum Gasteiger partial charge on any atom is 0.433 e. The summed E-state index contributed by atoms with van der Waals surface area (Å²) < 4.78 is 44.1. The number of carbonyl (C=O) groups excluding carboxylic acids is 2. The van der Waals surface area contributed by atoms with Gasteiger partial charge in [0.1, 0.15) is 0 Å². The molecule has 1 N–H and O–H groups in total. The number of hydrogen-bond acceptors (Lipinski definition) is 4. The van der Waals surface area contributed by atoms with Crippen LogP contribution in [0.25, 0.3) is 0 Å². The first-order chi connectivity index (χ1) is 18.4. The number of ketones is 1. The summed E-state index contributed by atoms with van der Waals surface area (Å²) in [6, 6.07) is 1.89. The van der Waals surface area contributed by atoms with Gasteiger partial charge in [0.15, 0.2) is 11.5 Å². The number of carboxylic acids is 1. The number of rotatable bonds is 9. The van der Waals surface area contributed by atoms with Crippen LogP contribution in [0, 0.1) is 10.8 Å². The van der Waals surface area contributed by atoms with Crippen molar-refractivity contribution >= 4 is 52.5 Å². The standard InChI is InChI=1S/C27H31Cl3F3N3O4/c1-5-25(2,3)14-35(13-20(37)21-18(29)10-15(28)11-19(21)30)23(38)17-12-34-36(22(17)27(31,32)33)16-6-8-26(4,9-7-16)24(39)40/h10-12,16H,5-9,13-14H2,1-4H3,(H,39,40). The minimum Gasteiger partial charge on any atom is -0.481 e. The van der Waals surface area contributed by atoms with Crippen molar-refractivity contribution in [3.63, 3.8) is 0 Å². The molecular weight excluding hydrogens is 594 g/mol. The monoisotopic (exact) mass is 623 g/mol. The molecule has 0 radical (unpaired) electrons. The fourth-order valence-electron chi connectivity index (χ4n) is 4.84. The van der Waals surface area contributed by atoms with Crippen LogP contribution in [-0.4, -0.2) is 50.5 Å². The fraction of sp³-hybridized carbons (Fsp3) is 0.556. The van der Waals surface area contributed by atoms with E-state index in [4.69, 9.17) is 34.8 Å². The second kappa shape index (κ2) is 11.9. The van der Waals surface area contributed by atoms with E-state index in [1.54, 1.807) is 6.92 Å². The SMILES string of the molecule is CCC(C)(C)CN(CC(=O)c1c(Cl)cc(Cl)cc1Cl)C(=O)c1cnn(C2CCC(C)(C(=O)O)CC2)c1C(F)(F)F. The number of alkyl halides is 3. The largest absolute Gasteiger partial charge is 0.481 e. The molecule has 0 unspecified atom stereocenters. The Morgan fingerprint density at radius 3 is 2.15 bits per heavy atom. The Labute approximate surface area is 245 Å². The summed E-state index contributed by atoms with van der Waals surface area (Å²) in [6.07, 6.45) is -2.85. The van der Waals surface area contributed by atoms with Crippen LogP contribution in [0.3, 0.4) is 0 Å². The topological polar surface area (TPSA) is 92.5 Å². The lowest BCUT2D eigenvalue weighted by Gasteiger charge is -2.35. The number of carboxylic acid groups (broad SMARTS) is 1. The predicted molar refractivity (Wildman–Crippen MR) is 146 cm³/mol. The summed E-state index contributed by atoms with van der Waals surface area (Å²) in [5.41, 5.74) is -3.57. The molecule has 3 rings (SSSR count). The Morgan fingerprint density at radius 1 is 1.12 bits per heavy atom. The third-order valence-electron chi connectivity index (χ3n) is 7.70. The first-order valence-corrected chi connectivity index (χ1v) is 13.9. The lowest BCUT2D eigenvalue weighted by molar-refractivity contribution is -0.152. The molecule has 0 bridgehead atoms. The van der Waals surface area contributed by atoms with Crippen LogP contribution >= 0.6 is 34.8 Å². The highest BCUT2D eigenvalue weighted by Gasteiger charge is 2.45. The van der Waals surface area contributed by atoms with Crippen LogP contribution in [0.15, 0.2) is 18.3 Å². The summed E-state index contributed by atoms with van der Waals surface area (Å²) in [4.78, 5) is 39.7. The molecule has 2 aromatic rings. The molecule has 0 atom stereocenters. The van der Waals surface area contributed by atoms with Gasteiger partial charge in [0.05, 0.1) is 45.4 Å². The van der Waals surface area contributed by atoms with Crippen LogP contribution in [-0.2, 0) is 11.0 Å². The second-order valence-corrected chi connectivity index (χ2v) is 12.5. The smallest absolute Gasteiger partial charge is 0.433 e. The van der Waals surface area contributed by atoms with Gasteiger partial charge in [0.2, 0.25) is 0 Å². The average Bonchev–Trinajstić information content (AvgIpc) is 3.28. The van der Waals surface area contributed by atoms with Gasteiger partial charge >= 0.3 is 12.1 Å². The zero-order valence-corrected chi connectivity index (χ0v) is 24.8. The third kappa shape index (κ3) is 6.94. The van der Waals surface area contributed by atoms with Crippen LogP contribution in [0.5, 0.6) is 0 Å². The molecule has 7 nitrogen and oxygen atoms in total. The molecule has 1 fully saturated rings. The molecule has 40 heavy (non-hydrogen) atoms. The van der Waals surface area contributed by atoms with Gasteiger partial charge in [-0.05, 0) is 56.6 Å². The van der Waals surface area contributed by atoms with Gasteiger partial charge in [-0.25, -0.2) is 0 Å². The number of halogens is 6. The van der Waals surface area contributed by atoms with Gasteiger partial charge in [-0.15, -0.1) is 0 Å². The van der Waals surface area contributed by atoms with Crippen molar-refractivity contribution in [1.29, 1.82) is 0 Å². The molecule has 1 aromatic heterocycles. The molecule has 1 amide bonds. The van der Waals surface area contributed by atoms with Crippen LogP contribution in [0.4, 0.5) is 13.2 Å². The number of nitrogens with zero attached hydrogens (tertiary/aromatic N) is 3. The molecule has 0 aliphatic heterocycles. The minimum atomic E-state index is -4.94. The average molecular weight is 625 g/mol. The van der Waals surface area contributed by atoms with E-state index >= 15 is 0 Å². The molecule has 13 heteroatoms. The lowest BCUT2D eigenvalue weighted by atomic mass is 9.74. The Kier molecular flexibility index (Phi) is 9.58. The Hall–Kier alpha value is -2.30. The summed E-state index contributed by atoms with van der Waals surface area (Å²) in [6.45, 7) is 6.49. The van der Waals surface area contributed by atoms with Crippen LogP contribution in [0.2, 0.25) is 15.1 Å². The first-order valence-electron chi connectivity index (χ1n) is 12.8. The van der Waals surface area contributed by atoms with Crippen molar-refractivity contribution in [1.82, 2.24) is 14.7 Å². The Morgan fingerprint density at radius 2 is 1.68 bits per heavy atom. The first kappa shape index (κ1) is 32.2. The molecule has 220 valence electrons. The van der Waals surface area contributed by atoms with E-state index in [-0.39, 0.29) is 52.9 Å². The van der Waals surface area contributed by atoms with Crippen molar-refractivity contribution in [2.24, 2.45) is 10.8 Å². The van der Waals surface area contributed by atoms with Gasteiger partial charge in [0, 0.05) is 11.6 Å². The van der Waals surface area contributed by atoms with E-state index in [1.807, 2.05) is 20.8 Å². The van der Waals surface area contributed by atoms with Gasteiger partial charge < -0.3 is 10.0 Å². The second-order valence-electron chi connectivity index (χ2n) is 11.3.